The molecule has 20 heavy (non-hydrogen) atoms. The number of rotatable bonds is 2. The van der Waals surface area contributed by atoms with E-state index in [1.54, 1.807) is 19.1 Å². The molecule has 2 rings (SSSR count). The van der Waals surface area contributed by atoms with E-state index in [-0.39, 0.29) is 5.69 Å². The third-order valence-corrected chi connectivity index (χ3v) is 2.80. The normalized spacial score (nSPS) is 11.5. The summed E-state index contributed by atoms with van der Waals surface area (Å²) >= 11 is 0. The number of pyridine rings is 2. The number of nitrogens with zero attached hydrogens (tertiary/aromatic N) is 2. The molecule has 2 heterocycles. The SMILES string of the molecule is COc1ccc(C)c(-c2cc(C(F)(F)F)cc(C)n2)n1. The highest BCUT2D eigenvalue weighted by molar-refractivity contribution is 5.60. The number of ether oxygens (including phenoxy) is 1. The Bertz CT molecular complexity index is 639. The fraction of sp³-hybridized carbons (Fsp3) is 0.286. The Morgan fingerprint density at radius 2 is 1.75 bits per heavy atom. The molecule has 0 aliphatic carbocycles. The topological polar surface area (TPSA) is 35.0 Å². The maximum atomic E-state index is 12.8. The van der Waals surface area contributed by atoms with Gasteiger partial charge in [-0.25, -0.2) is 4.98 Å². The second kappa shape index (κ2) is 5.11. The van der Waals surface area contributed by atoms with Crippen LogP contribution >= 0.6 is 0 Å². The summed E-state index contributed by atoms with van der Waals surface area (Å²) in [6.45, 7) is 3.29. The van der Waals surface area contributed by atoms with Gasteiger partial charge in [0, 0.05) is 11.8 Å². The molecule has 0 aliphatic rings. The van der Waals surface area contributed by atoms with Crippen LogP contribution < -0.4 is 4.74 Å². The third kappa shape index (κ3) is 2.89. The number of methoxy groups -OCH3 is 1. The molecule has 6 heteroatoms. The summed E-state index contributed by atoms with van der Waals surface area (Å²) < 4.78 is 43.5. The fourth-order valence-electron chi connectivity index (χ4n) is 1.84. The molecule has 3 nitrogen and oxygen atoms in total. The van der Waals surface area contributed by atoms with Crippen LogP contribution in [-0.4, -0.2) is 17.1 Å². The van der Waals surface area contributed by atoms with Crippen molar-refractivity contribution < 1.29 is 17.9 Å². The van der Waals surface area contributed by atoms with Gasteiger partial charge in [-0.1, -0.05) is 6.07 Å². The molecule has 0 N–H and O–H groups in total. The quantitative estimate of drug-likeness (QED) is 0.840. The van der Waals surface area contributed by atoms with Gasteiger partial charge in [0.05, 0.1) is 24.1 Å². The second-order valence-electron chi connectivity index (χ2n) is 4.40. The van der Waals surface area contributed by atoms with Crippen molar-refractivity contribution in [3.05, 3.63) is 41.1 Å². The lowest BCUT2D eigenvalue weighted by atomic mass is 10.1. The van der Waals surface area contributed by atoms with Gasteiger partial charge in [0.1, 0.15) is 0 Å². The smallest absolute Gasteiger partial charge is 0.416 e. The molecule has 0 saturated carbocycles. The summed E-state index contributed by atoms with van der Waals surface area (Å²) in [5.41, 5.74) is 0.868. The van der Waals surface area contributed by atoms with Crippen molar-refractivity contribution in [2.45, 2.75) is 20.0 Å². The van der Waals surface area contributed by atoms with Gasteiger partial charge in [-0.05, 0) is 31.5 Å². The van der Waals surface area contributed by atoms with Crippen LogP contribution in [0.15, 0.2) is 24.3 Å². The Morgan fingerprint density at radius 1 is 1.05 bits per heavy atom. The number of aryl methyl sites for hydroxylation is 2. The van der Waals surface area contributed by atoms with Gasteiger partial charge in [-0.2, -0.15) is 13.2 Å². The molecule has 0 unspecified atom stereocenters. The zero-order valence-electron chi connectivity index (χ0n) is 11.2. The van der Waals surface area contributed by atoms with Gasteiger partial charge in [0.25, 0.3) is 0 Å². The van der Waals surface area contributed by atoms with E-state index in [1.165, 1.54) is 14.0 Å². The van der Waals surface area contributed by atoms with Crippen LogP contribution in [-0.2, 0) is 6.18 Å². The van der Waals surface area contributed by atoms with Gasteiger partial charge >= 0.3 is 6.18 Å². The molecule has 0 spiro atoms. The summed E-state index contributed by atoms with van der Waals surface area (Å²) in [5.74, 6) is 0.336. The molecule has 2 aromatic heterocycles. The molecule has 2 aromatic rings. The van der Waals surface area contributed by atoms with Crippen LogP contribution in [0.25, 0.3) is 11.4 Å². The Balaban J connectivity index is 2.61. The molecule has 106 valence electrons. The van der Waals surface area contributed by atoms with Crippen molar-refractivity contribution in [2.75, 3.05) is 7.11 Å². The average molecular weight is 282 g/mol. The van der Waals surface area contributed by atoms with E-state index >= 15 is 0 Å². The maximum Gasteiger partial charge on any atom is 0.416 e. The van der Waals surface area contributed by atoms with Crippen LogP contribution in [0, 0.1) is 13.8 Å². The first-order chi connectivity index (χ1) is 9.31. The minimum Gasteiger partial charge on any atom is -0.481 e. The largest absolute Gasteiger partial charge is 0.481 e. The van der Waals surface area contributed by atoms with Gasteiger partial charge in [0.2, 0.25) is 5.88 Å². The molecule has 0 aliphatic heterocycles. The first kappa shape index (κ1) is 14.3. The van der Waals surface area contributed by atoms with E-state index in [4.69, 9.17) is 4.74 Å². The summed E-state index contributed by atoms with van der Waals surface area (Å²) in [6, 6.07) is 5.40. The van der Waals surface area contributed by atoms with E-state index in [0.29, 0.717) is 17.3 Å². The van der Waals surface area contributed by atoms with E-state index in [2.05, 4.69) is 9.97 Å². The maximum absolute atomic E-state index is 12.8. The highest BCUT2D eigenvalue weighted by atomic mass is 19.4. The monoisotopic (exact) mass is 282 g/mol. The van der Waals surface area contributed by atoms with Crippen LogP contribution in [0.5, 0.6) is 5.88 Å². The highest BCUT2D eigenvalue weighted by Gasteiger charge is 2.31. The van der Waals surface area contributed by atoms with E-state index < -0.39 is 11.7 Å². The van der Waals surface area contributed by atoms with Crippen LogP contribution in [0.3, 0.4) is 0 Å². The van der Waals surface area contributed by atoms with Crippen LogP contribution in [0.1, 0.15) is 16.8 Å². The Kier molecular flexibility index (Phi) is 3.65. The van der Waals surface area contributed by atoms with E-state index in [9.17, 15) is 13.2 Å². The summed E-state index contributed by atoms with van der Waals surface area (Å²) in [5, 5.41) is 0. The number of hydrogen-bond acceptors (Lipinski definition) is 3. The predicted molar refractivity (Wildman–Crippen MR) is 68.5 cm³/mol. The summed E-state index contributed by atoms with van der Waals surface area (Å²) in [7, 11) is 1.45. The molecule has 0 fully saturated rings. The molecular formula is C14H13F3N2O. The molecule has 0 amide bonds. The molecule has 0 saturated heterocycles. The number of hydrogen-bond donors (Lipinski definition) is 0. The first-order valence-electron chi connectivity index (χ1n) is 5.89. The van der Waals surface area contributed by atoms with Crippen molar-refractivity contribution in [1.29, 1.82) is 0 Å². The van der Waals surface area contributed by atoms with Crippen molar-refractivity contribution in [3.63, 3.8) is 0 Å². The zero-order chi connectivity index (χ0) is 14.9. The lowest BCUT2D eigenvalue weighted by Crippen LogP contribution is -2.07. The molecule has 0 atom stereocenters. The number of aromatic nitrogens is 2. The third-order valence-electron chi connectivity index (χ3n) is 2.80. The van der Waals surface area contributed by atoms with Gasteiger partial charge in [0.15, 0.2) is 0 Å². The first-order valence-corrected chi connectivity index (χ1v) is 5.89. The average Bonchev–Trinajstić information content (AvgIpc) is 2.37. The van der Waals surface area contributed by atoms with E-state index in [1.807, 2.05) is 0 Å². The van der Waals surface area contributed by atoms with Crippen molar-refractivity contribution in [2.24, 2.45) is 0 Å². The lowest BCUT2D eigenvalue weighted by Gasteiger charge is -2.11. The molecule has 0 radical (unpaired) electrons. The highest BCUT2D eigenvalue weighted by Crippen LogP contribution is 2.32. The zero-order valence-corrected chi connectivity index (χ0v) is 11.2. The summed E-state index contributed by atoms with van der Waals surface area (Å²) in [6.07, 6.45) is -4.41. The number of alkyl halides is 3. The van der Waals surface area contributed by atoms with E-state index in [0.717, 1.165) is 17.7 Å². The Morgan fingerprint density at radius 3 is 2.35 bits per heavy atom. The second-order valence-corrected chi connectivity index (χ2v) is 4.40. The Hall–Kier alpha value is -2.11. The Labute approximate surface area is 114 Å². The minimum atomic E-state index is -4.41. The minimum absolute atomic E-state index is 0.189. The fourth-order valence-corrected chi connectivity index (χ4v) is 1.84. The van der Waals surface area contributed by atoms with Gasteiger partial charge in [-0.15, -0.1) is 0 Å². The van der Waals surface area contributed by atoms with Crippen molar-refractivity contribution in [3.8, 4) is 17.3 Å². The van der Waals surface area contributed by atoms with Gasteiger partial charge in [-0.3, -0.25) is 4.98 Å². The van der Waals surface area contributed by atoms with Crippen molar-refractivity contribution >= 4 is 0 Å². The molecule has 0 aromatic carbocycles. The summed E-state index contributed by atoms with van der Waals surface area (Å²) in [4.78, 5) is 8.31. The predicted octanol–water partition coefficient (Wildman–Crippen LogP) is 3.79. The van der Waals surface area contributed by atoms with Crippen molar-refractivity contribution in [1.82, 2.24) is 9.97 Å². The van der Waals surface area contributed by atoms with Crippen LogP contribution in [0.2, 0.25) is 0 Å². The number of halogens is 3. The molecule has 0 bridgehead atoms. The lowest BCUT2D eigenvalue weighted by molar-refractivity contribution is -0.137. The standard InChI is InChI=1S/C14H13F3N2O/c1-8-4-5-12(20-3)19-13(8)11-7-10(14(15,16)17)6-9(2)18-11/h4-7H,1-3H3. The van der Waals surface area contributed by atoms with Gasteiger partial charge < -0.3 is 4.74 Å². The van der Waals surface area contributed by atoms with Crippen LogP contribution in [0.4, 0.5) is 13.2 Å². The molecular weight excluding hydrogens is 269 g/mol.